The van der Waals surface area contributed by atoms with Crippen LogP contribution in [0.2, 0.25) is 0 Å². The van der Waals surface area contributed by atoms with E-state index >= 15 is 0 Å². The first-order valence-corrected chi connectivity index (χ1v) is 8.50. The first kappa shape index (κ1) is 16.1. The molecule has 5 heteroatoms. The van der Waals surface area contributed by atoms with Crippen molar-refractivity contribution in [1.82, 2.24) is 4.98 Å². The molecule has 0 aliphatic carbocycles. The van der Waals surface area contributed by atoms with E-state index in [1.54, 1.807) is 19.5 Å². The molecular formula is C21H19N3O2. The van der Waals surface area contributed by atoms with Crippen LogP contribution in [0.5, 0.6) is 5.75 Å². The van der Waals surface area contributed by atoms with Gasteiger partial charge in [0.1, 0.15) is 5.75 Å². The number of carbonyl (C=O) groups excluding carboxylic acids is 1. The molecule has 0 atom stereocenters. The summed E-state index contributed by atoms with van der Waals surface area (Å²) in [5, 5.41) is 2.89. The Morgan fingerprint density at radius 1 is 1.12 bits per heavy atom. The average molecular weight is 345 g/mol. The van der Waals surface area contributed by atoms with Crippen LogP contribution >= 0.6 is 0 Å². The van der Waals surface area contributed by atoms with Crippen LogP contribution in [0.4, 0.5) is 17.1 Å². The minimum absolute atomic E-state index is 0.183. The van der Waals surface area contributed by atoms with Gasteiger partial charge >= 0.3 is 0 Å². The van der Waals surface area contributed by atoms with Crippen molar-refractivity contribution >= 4 is 23.0 Å². The number of anilines is 3. The third kappa shape index (κ3) is 3.11. The normalized spacial score (nSPS) is 12.6. The third-order valence-electron chi connectivity index (χ3n) is 4.53. The van der Waals surface area contributed by atoms with E-state index in [9.17, 15) is 4.79 Å². The molecule has 1 aliphatic heterocycles. The van der Waals surface area contributed by atoms with Gasteiger partial charge < -0.3 is 15.0 Å². The highest BCUT2D eigenvalue weighted by Crippen LogP contribution is 2.34. The molecule has 1 amide bonds. The van der Waals surface area contributed by atoms with E-state index in [4.69, 9.17) is 4.74 Å². The summed E-state index contributed by atoms with van der Waals surface area (Å²) < 4.78 is 5.13. The summed E-state index contributed by atoms with van der Waals surface area (Å²) >= 11 is 0. The van der Waals surface area contributed by atoms with Gasteiger partial charge in [-0.1, -0.05) is 18.2 Å². The minimum atomic E-state index is -0.183. The Bertz CT molecular complexity index is 938. The Kier molecular flexibility index (Phi) is 4.27. The Morgan fingerprint density at radius 3 is 2.73 bits per heavy atom. The molecular weight excluding hydrogens is 326 g/mol. The molecule has 0 saturated carbocycles. The summed E-state index contributed by atoms with van der Waals surface area (Å²) in [6.45, 7) is 0.893. The standard InChI is InChI=1S/C21H19N3O2/c1-26-19-8-6-17(7-9-19)23-21(25)16-12-18(14-22-13-16)24-11-10-15-4-2-3-5-20(15)24/h2-9,12-14H,10-11H2,1H3,(H,23,25). The Labute approximate surface area is 152 Å². The maximum atomic E-state index is 12.6. The molecule has 1 aromatic heterocycles. The monoisotopic (exact) mass is 345 g/mol. The van der Waals surface area contributed by atoms with Gasteiger partial charge in [-0.3, -0.25) is 9.78 Å². The molecule has 0 radical (unpaired) electrons. The lowest BCUT2D eigenvalue weighted by molar-refractivity contribution is 0.102. The number of methoxy groups -OCH3 is 1. The van der Waals surface area contributed by atoms with Crippen molar-refractivity contribution in [2.45, 2.75) is 6.42 Å². The van der Waals surface area contributed by atoms with Crippen LogP contribution in [-0.2, 0) is 6.42 Å². The number of amides is 1. The number of rotatable bonds is 4. The lowest BCUT2D eigenvalue weighted by atomic mass is 10.2. The fraction of sp³-hybridized carbons (Fsp3) is 0.143. The Hall–Kier alpha value is -3.34. The fourth-order valence-electron chi connectivity index (χ4n) is 3.18. The molecule has 2 aromatic carbocycles. The second-order valence-electron chi connectivity index (χ2n) is 6.14. The van der Waals surface area contributed by atoms with Crippen molar-refractivity contribution in [3.05, 3.63) is 78.1 Å². The number of para-hydroxylation sites is 1. The Balaban J connectivity index is 1.55. The van der Waals surface area contributed by atoms with Crippen molar-refractivity contribution in [3.8, 4) is 5.75 Å². The third-order valence-corrected chi connectivity index (χ3v) is 4.53. The number of pyridine rings is 1. The first-order valence-electron chi connectivity index (χ1n) is 8.50. The number of fused-ring (bicyclic) bond motifs is 1. The van der Waals surface area contributed by atoms with Crippen molar-refractivity contribution in [2.24, 2.45) is 0 Å². The van der Waals surface area contributed by atoms with E-state index in [-0.39, 0.29) is 5.91 Å². The van der Waals surface area contributed by atoms with E-state index in [0.29, 0.717) is 11.3 Å². The zero-order valence-corrected chi connectivity index (χ0v) is 14.5. The van der Waals surface area contributed by atoms with Crippen molar-refractivity contribution in [1.29, 1.82) is 0 Å². The number of ether oxygens (including phenoxy) is 1. The van der Waals surface area contributed by atoms with Crippen LogP contribution in [0.25, 0.3) is 0 Å². The average Bonchev–Trinajstić information content (AvgIpc) is 3.13. The molecule has 130 valence electrons. The molecule has 0 fully saturated rings. The highest BCUT2D eigenvalue weighted by Gasteiger charge is 2.20. The summed E-state index contributed by atoms with van der Waals surface area (Å²) in [6, 6.07) is 17.5. The topological polar surface area (TPSA) is 54.5 Å². The predicted molar refractivity (Wildman–Crippen MR) is 102 cm³/mol. The summed E-state index contributed by atoms with van der Waals surface area (Å²) in [7, 11) is 1.61. The lowest BCUT2D eigenvalue weighted by Crippen LogP contribution is -2.16. The number of nitrogens with zero attached hydrogens (tertiary/aromatic N) is 2. The maximum Gasteiger partial charge on any atom is 0.257 e. The Morgan fingerprint density at radius 2 is 1.92 bits per heavy atom. The van der Waals surface area contributed by atoms with Crippen molar-refractivity contribution < 1.29 is 9.53 Å². The molecule has 0 unspecified atom stereocenters. The molecule has 1 aliphatic rings. The van der Waals surface area contributed by atoms with Gasteiger partial charge in [0.25, 0.3) is 5.91 Å². The molecule has 5 nitrogen and oxygen atoms in total. The maximum absolute atomic E-state index is 12.6. The number of nitrogens with one attached hydrogen (secondary N) is 1. The van der Waals surface area contributed by atoms with E-state index < -0.39 is 0 Å². The highest BCUT2D eigenvalue weighted by molar-refractivity contribution is 6.04. The molecule has 0 saturated heterocycles. The van der Waals surface area contributed by atoms with Gasteiger partial charge in [0.05, 0.1) is 24.6 Å². The van der Waals surface area contributed by atoms with E-state index in [2.05, 4.69) is 33.4 Å². The lowest BCUT2D eigenvalue weighted by Gasteiger charge is -2.19. The molecule has 1 N–H and O–H groups in total. The number of carbonyl (C=O) groups is 1. The summed E-state index contributed by atoms with van der Waals surface area (Å²) in [6.07, 6.45) is 4.38. The van der Waals surface area contributed by atoms with Gasteiger partial charge in [0, 0.05) is 24.1 Å². The number of hydrogen-bond acceptors (Lipinski definition) is 4. The van der Waals surface area contributed by atoms with Crippen LogP contribution in [0, 0.1) is 0 Å². The molecule has 4 rings (SSSR count). The van der Waals surface area contributed by atoms with E-state index in [1.807, 2.05) is 36.4 Å². The van der Waals surface area contributed by atoms with Gasteiger partial charge in [0.15, 0.2) is 0 Å². The number of benzene rings is 2. The summed E-state index contributed by atoms with van der Waals surface area (Å²) in [5.41, 5.74) is 4.68. The van der Waals surface area contributed by atoms with Gasteiger partial charge in [-0.2, -0.15) is 0 Å². The molecule has 0 bridgehead atoms. The predicted octanol–water partition coefficient (Wildman–Crippen LogP) is 4.04. The van der Waals surface area contributed by atoms with Crippen molar-refractivity contribution in [2.75, 3.05) is 23.9 Å². The van der Waals surface area contributed by atoms with Crippen LogP contribution < -0.4 is 15.0 Å². The second-order valence-corrected chi connectivity index (χ2v) is 6.14. The van der Waals surface area contributed by atoms with Gasteiger partial charge in [0.2, 0.25) is 0 Å². The largest absolute Gasteiger partial charge is 0.497 e. The minimum Gasteiger partial charge on any atom is -0.497 e. The quantitative estimate of drug-likeness (QED) is 0.775. The second kappa shape index (κ2) is 6.88. The SMILES string of the molecule is COc1ccc(NC(=O)c2cncc(N3CCc4ccccc43)c2)cc1. The first-order chi connectivity index (χ1) is 12.7. The molecule has 0 spiro atoms. The summed E-state index contributed by atoms with van der Waals surface area (Å²) in [5.74, 6) is 0.566. The van der Waals surface area contributed by atoms with Gasteiger partial charge in [-0.15, -0.1) is 0 Å². The summed E-state index contributed by atoms with van der Waals surface area (Å²) in [4.78, 5) is 19.1. The van der Waals surface area contributed by atoms with Crippen LogP contribution in [0.1, 0.15) is 15.9 Å². The van der Waals surface area contributed by atoms with E-state index in [0.717, 1.165) is 24.4 Å². The van der Waals surface area contributed by atoms with Crippen LogP contribution in [0.3, 0.4) is 0 Å². The zero-order chi connectivity index (χ0) is 17.9. The van der Waals surface area contributed by atoms with Crippen LogP contribution in [-0.4, -0.2) is 24.5 Å². The van der Waals surface area contributed by atoms with Crippen molar-refractivity contribution in [3.63, 3.8) is 0 Å². The van der Waals surface area contributed by atoms with Gasteiger partial charge in [-0.25, -0.2) is 0 Å². The smallest absolute Gasteiger partial charge is 0.257 e. The molecule has 3 aromatic rings. The number of hydrogen-bond donors (Lipinski definition) is 1. The highest BCUT2D eigenvalue weighted by atomic mass is 16.5. The zero-order valence-electron chi connectivity index (χ0n) is 14.5. The fourth-order valence-corrected chi connectivity index (χ4v) is 3.18. The van der Waals surface area contributed by atoms with Gasteiger partial charge in [-0.05, 0) is 48.4 Å². The number of aromatic nitrogens is 1. The molecule has 2 heterocycles. The van der Waals surface area contributed by atoms with E-state index in [1.165, 1.54) is 11.3 Å². The molecule has 26 heavy (non-hydrogen) atoms. The van der Waals surface area contributed by atoms with Crippen LogP contribution in [0.15, 0.2) is 67.0 Å².